The molecule has 0 aliphatic carbocycles. The fourth-order valence-corrected chi connectivity index (χ4v) is 3.87. The number of rotatable bonds is 8. The van der Waals surface area contributed by atoms with Gasteiger partial charge in [-0.2, -0.15) is 5.10 Å². The summed E-state index contributed by atoms with van der Waals surface area (Å²) < 4.78 is 15.1. The second kappa shape index (κ2) is 9.49. The Balaban J connectivity index is 1.48. The van der Waals surface area contributed by atoms with Crippen molar-refractivity contribution in [2.45, 2.75) is 19.4 Å². The van der Waals surface area contributed by atoms with Crippen molar-refractivity contribution in [2.24, 2.45) is 0 Å². The van der Waals surface area contributed by atoms with Crippen LogP contribution >= 0.6 is 11.3 Å². The molecular formula is C24H20FN3O2S. The normalized spacial score (nSPS) is 10.7. The molecule has 2 aromatic heterocycles. The van der Waals surface area contributed by atoms with Gasteiger partial charge in [0.2, 0.25) is 5.91 Å². The summed E-state index contributed by atoms with van der Waals surface area (Å²) in [6.45, 7) is 0.256. The largest absolute Gasteiger partial charge is 0.352 e. The number of benzene rings is 2. The maximum absolute atomic E-state index is 13.4. The van der Waals surface area contributed by atoms with E-state index in [1.807, 2.05) is 48.0 Å². The van der Waals surface area contributed by atoms with Gasteiger partial charge in [0.05, 0.1) is 16.3 Å². The molecule has 156 valence electrons. The van der Waals surface area contributed by atoms with Crippen molar-refractivity contribution < 1.29 is 14.0 Å². The predicted octanol–water partition coefficient (Wildman–Crippen LogP) is 5.02. The molecule has 0 spiro atoms. The van der Waals surface area contributed by atoms with Crippen molar-refractivity contribution in [3.8, 4) is 16.9 Å². The number of amides is 1. The SMILES string of the molecule is O=C(CCC(=O)c1cccs1)NCc1cn(-c2ccccc2)nc1-c1ccc(F)cc1. The Morgan fingerprint density at radius 3 is 2.45 bits per heavy atom. The summed E-state index contributed by atoms with van der Waals surface area (Å²) in [5.74, 6) is -0.562. The van der Waals surface area contributed by atoms with Crippen LogP contribution in [0.1, 0.15) is 28.1 Å². The van der Waals surface area contributed by atoms with Gasteiger partial charge < -0.3 is 5.32 Å². The van der Waals surface area contributed by atoms with Gasteiger partial charge in [0.25, 0.3) is 0 Å². The summed E-state index contributed by atoms with van der Waals surface area (Å²) in [6.07, 6.45) is 2.14. The van der Waals surface area contributed by atoms with Crippen LogP contribution < -0.4 is 5.32 Å². The highest BCUT2D eigenvalue weighted by atomic mass is 32.1. The van der Waals surface area contributed by atoms with Gasteiger partial charge in [-0.3, -0.25) is 9.59 Å². The van der Waals surface area contributed by atoms with E-state index in [2.05, 4.69) is 10.4 Å². The minimum absolute atomic E-state index is 0.0333. The lowest BCUT2D eigenvalue weighted by Crippen LogP contribution is -2.23. The fraction of sp³-hybridized carbons (Fsp3) is 0.125. The smallest absolute Gasteiger partial charge is 0.220 e. The molecule has 0 saturated carbocycles. The quantitative estimate of drug-likeness (QED) is 0.397. The number of aromatic nitrogens is 2. The molecule has 0 aliphatic rings. The lowest BCUT2D eigenvalue weighted by atomic mass is 10.1. The van der Waals surface area contributed by atoms with E-state index in [1.54, 1.807) is 22.9 Å². The van der Waals surface area contributed by atoms with Crippen LogP contribution in [0.2, 0.25) is 0 Å². The molecule has 0 bridgehead atoms. The number of Topliss-reactive ketones (excluding diaryl/α,β-unsaturated/α-hetero) is 1. The Kier molecular flexibility index (Phi) is 6.33. The number of ketones is 1. The zero-order valence-corrected chi connectivity index (χ0v) is 17.4. The van der Waals surface area contributed by atoms with E-state index >= 15 is 0 Å². The van der Waals surface area contributed by atoms with E-state index in [4.69, 9.17) is 0 Å². The van der Waals surface area contributed by atoms with E-state index in [0.29, 0.717) is 10.6 Å². The minimum atomic E-state index is -0.323. The first-order chi connectivity index (χ1) is 15.1. The zero-order valence-electron chi connectivity index (χ0n) is 16.6. The van der Waals surface area contributed by atoms with Crippen molar-refractivity contribution in [2.75, 3.05) is 0 Å². The average Bonchev–Trinajstić information content (AvgIpc) is 3.48. The number of para-hydroxylation sites is 1. The number of hydrogen-bond donors (Lipinski definition) is 1. The molecule has 7 heteroatoms. The number of carbonyl (C=O) groups is 2. The van der Waals surface area contributed by atoms with Crippen molar-refractivity contribution in [1.82, 2.24) is 15.1 Å². The molecule has 0 radical (unpaired) electrons. The molecule has 0 aliphatic heterocycles. The third-order valence-electron chi connectivity index (χ3n) is 4.78. The number of nitrogens with zero attached hydrogens (tertiary/aromatic N) is 2. The highest BCUT2D eigenvalue weighted by Crippen LogP contribution is 2.24. The summed E-state index contributed by atoms with van der Waals surface area (Å²) in [5, 5.41) is 9.37. The Labute approximate surface area is 183 Å². The van der Waals surface area contributed by atoms with Crippen molar-refractivity contribution in [1.29, 1.82) is 0 Å². The number of nitrogens with one attached hydrogen (secondary N) is 1. The maximum Gasteiger partial charge on any atom is 0.220 e. The van der Waals surface area contributed by atoms with Crippen LogP contribution in [-0.2, 0) is 11.3 Å². The Morgan fingerprint density at radius 2 is 1.74 bits per heavy atom. The first kappa shape index (κ1) is 20.7. The van der Waals surface area contributed by atoms with Crippen LogP contribution in [0.3, 0.4) is 0 Å². The van der Waals surface area contributed by atoms with Gasteiger partial charge in [-0.1, -0.05) is 24.3 Å². The minimum Gasteiger partial charge on any atom is -0.352 e. The van der Waals surface area contributed by atoms with Gasteiger partial charge in [0.15, 0.2) is 5.78 Å². The molecule has 2 aromatic carbocycles. The van der Waals surface area contributed by atoms with Gasteiger partial charge >= 0.3 is 0 Å². The summed E-state index contributed by atoms with van der Waals surface area (Å²) in [4.78, 5) is 25.1. The average molecular weight is 434 g/mol. The van der Waals surface area contributed by atoms with E-state index in [9.17, 15) is 14.0 Å². The van der Waals surface area contributed by atoms with Gasteiger partial charge in [0.1, 0.15) is 5.82 Å². The van der Waals surface area contributed by atoms with Crippen LogP contribution in [0.15, 0.2) is 78.3 Å². The molecule has 31 heavy (non-hydrogen) atoms. The number of halogens is 1. The molecular weight excluding hydrogens is 413 g/mol. The molecule has 0 unspecified atom stereocenters. The van der Waals surface area contributed by atoms with Gasteiger partial charge in [0, 0.05) is 36.7 Å². The maximum atomic E-state index is 13.4. The van der Waals surface area contributed by atoms with Crippen molar-refractivity contribution in [3.63, 3.8) is 0 Å². The highest BCUT2D eigenvalue weighted by molar-refractivity contribution is 7.12. The third-order valence-corrected chi connectivity index (χ3v) is 5.69. The van der Waals surface area contributed by atoms with Crippen LogP contribution in [0.25, 0.3) is 16.9 Å². The molecule has 4 aromatic rings. The standard InChI is InChI=1S/C24H20FN3O2S/c25-19-10-8-17(9-11-19)24-18(16-28(27-24)20-5-2-1-3-6-20)15-26-23(30)13-12-21(29)22-7-4-14-31-22/h1-11,14,16H,12-13,15H2,(H,26,30). The number of carbonyl (C=O) groups excluding carboxylic acids is 2. The molecule has 0 saturated heterocycles. The zero-order chi connectivity index (χ0) is 21.6. The number of hydrogen-bond acceptors (Lipinski definition) is 4. The van der Waals surface area contributed by atoms with Crippen molar-refractivity contribution in [3.05, 3.63) is 94.6 Å². The summed E-state index contributed by atoms with van der Waals surface area (Å²) in [6, 6.07) is 19.3. The molecule has 4 rings (SSSR count). The highest BCUT2D eigenvalue weighted by Gasteiger charge is 2.15. The second-order valence-electron chi connectivity index (χ2n) is 6.97. The van der Waals surface area contributed by atoms with Crippen LogP contribution in [-0.4, -0.2) is 21.5 Å². The molecule has 2 heterocycles. The predicted molar refractivity (Wildman–Crippen MR) is 119 cm³/mol. The van der Waals surface area contributed by atoms with E-state index < -0.39 is 0 Å². The summed E-state index contributed by atoms with van der Waals surface area (Å²) in [5.41, 5.74) is 3.10. The molecule has 0 atom stereocenters. The Morgan fingerprint density at radius 1 is 0.968 bits per heavy atom. The van der Waals surface area contributed by atoms with Gasteiger partial charge in [-0.05, 0) is 47.8 Å². The fourth-order valence-electron chi connectivity index (χ4n) is 3.17. The number of thiophene rings is 1. The molecule has 0 fully saturated rings. The topological polar surface area (TPSA) is 64.0 Å². The summed E-state index contributed by atoms with van der Waals surface area (Å²) >= 11 is 1.38. The Bertz CT molecular complexity index is 1170. The van der Waals surface area contributed by atoms with Crippen LogP contribution in [0, 0.1) is 5.82 Å². The first-order valence-electron chi connectivity index (χ1n) is 9.83. The monoisotopic (exact) mass is 433 g/mol. The lowest BCUT2D eigenvalue weighted by Gasteiger charge is -2.05. The van der Waals surface area contributed by atoms with E-state index in [1.165, 1.54) is 23.5 Å². The summed E-state index contributed by atoms with van der Waals surface area (Å²) in [7, 11) is 0. The molecule has 1 amide bonds. The Hall–Kier alpha value is -3.58. The molecule has 5 nitrogen and oxygen atoms in total. The van der Waals surface area contributed by atoms with Crippen LogP contribution in [0.5, 0.6) is 0 Å². The first-order valence-corrected chi connectivity index (χ1v) is 10.7. The third kappa shape index (κ3) is 5.13. The molecule has 1 N–H and O–H groups in total. The lowest BCUT2D eigenvalue weighted by molar-refractivity contribution is -0.121. The van der Waals surface area contributed by atoms with Gasteiger partial charge in [-0.15, -0.1) is 11.3 Å². The van der Waals surface area contributed by atoms with E-state index in [-0.39, 0.29) is 36.9 Å². The van der Waals surface area contributed by atoms with Gasteiger partial charge in [-0.25, -0.2) is 9.07 Å². The van der Waals surface area contributed by atoms with E-state index in [0.717, 1.165) is 16.8 Å². The second-order valence-corrected chi connectivity index (χ2v) is 7.91. The van der Waals surface area contributed by atoms with Crippen LogP contribution in [0.4, 0.5) is 4.39 Å². The van der Waals surface area contributed by atoms with Crippen molar-refractivity contribution >= 4 is 23.0 Å².